The Balaban J connectivity index is 1.74. The molecule has 0 aliphatic carbocycles. The Morgan fingerprint density at radius 3 is 2.38 bits per heavy atom. The van der Waals surface area contributed by atoms with Gasteiger partial charge in [0.2, 0.25) is 0 Å². The average Bonchev–Trinajstić information content (AvgIpc) is 2.59. The minimum absolute atomic E-state index is 0.260. The van der Waals surface area contributed by atoms with Crippen molar-refractivity contribution in [3.8, 4) is 5.75 Å². The highest BCUT2D eigenvalue weighted by Gasteiger charge is 2.05. The molecule has 120 valence electrons. The standard InChI is InChI=1S/C20H18N2O2/c1-13-9-15(10-14(2)19(13)23)12-21-22-20(24)18-8-7-16-5-3-4-6-17(16)11-18/h3-12,23H,1-2H3,(H,22,24). The fraction of sp³-hybridized carbons (Fsp3) is 0.100. The predicted octanol–water partition coefficient (Wildman–Crippen LogP) is 3.93. The average molecular weight is 318 g/mol. The third kappa shape index (κ3) is 3.27. The van der Waals surface area contributed by atoms with E-state index >= 15 is 0 Å². The first kappa shape index (κ1) is 15.7. The number of hydrogen-bond donors (Lipinski definition) is 2. The summed E-state index contributed by atoms with van der Waals surface area (Å²) in [6.07, 6.45) is 1.57. The molecule has 3 rings (SSSR count). The second-order valence-electron chi connectivity index (χ2n) is 5.76. The van der Waals surface area contributed by atoms with Gasteiger partial charge in [-0.25, -0.2) is 5.43 Å². The number of aryl methyl sites for hydroxylation is 2. The summed E-state index contributed by atoms with van der Waals surface area (Å²) in [7, 11) is 0. The third-order valence-corrected chi connectivity index (χ3v) is 3.90. The van der Waals surface area contributed by atoms with E-state index < -0.39 is 0 Å². The van der Waals surface area contributed by atoms with Crippen molar-refractivity contribution in [3.05, 3.63) is 76.9 Å². The number of rotatable bonds is 3. The van der Waals surface area contributed by atoms with E-state index in [2.05, 4.69) is 10.5 Å². The maximum absolute atomic E-state index is 12.2. The van der Waals surface area contributed by atoms with Gasteiger partial charge in [0.25, 0.3) is 5.91 Å². The molecule has 3 aromatic carbocycles. The van der Waals surface area contributed by atoms with E-state index in [0.717, 1.165) is 27.5 Å². The van der Waals surface area contributed by atoms with Crippen LogP contribution in [0, 0.1) is 13.8 Å². The maximum Gasteiger partial charge on any atom is 0.271 e. The molecular weight excluding hydrogens is 300 g/mol. The van der Waals surface area contributed by atoms with Crippen molar-refractivity contribution in [3.63, 3.8) is 0 Å². The van der Waals surface area contributed by atoms with Gasteiger partial charge in [-0.1, -0.05) is 30.3 Å². The van der Waals surface area contributed by atoms with Gasteiger partial charge in [-0.05, 0) is 65.6 Å². The lowest BCUT2D eigenvalue weighted by Crippen LogP contribution is -2.17. The molecule has 0 aliphatic rings. The number of phenols is 1. The Morgan fingerprint density at radius 2 is 1.67 bits per heavy atom. The number of aromatic hydroxyl groups is 1. The van der Waals surface area contributed by atoms with Gasteiger partial charge in [0.1, 0.15) is 5.75 Å². The summed E-state index contributed by atoms with van der Waals surface area (Å²) in [5, 5.41) is 15.9. The SMILES string of the molecule is Cc1cc(C=NNC(=O)c2ccc3ccccc3c2)cc(C)c1O. The highest BCUT2D eigenvalue weighted by molar-refractivity contribution is 5.99. The van der Waals surface area contributed by atoms with Crippen molar-refractivity contribution in [2.24, 2.45) is 5.10 Å². The minimum Gasteiger partial charge on any atom is -0.507 e. The highest BCUT2D eigenvalue weighted by Crippen LogP contribution is 2.22. The minimum atomic E-state index is -0.260. The number of benzene rings is 3. The summed E-state index contributed by atoms with van der Waals surface area (Å²) in [6, 6.07) is 17.0. The van der Waals surface area contributed by atoms with Gasteiger partial charge in [0.15, 0.2) is 0 Å². The molecule has 0 aromatic heterocycles. The van der Waals surface area contributed by atoms with Crippen LogP contribution in [0.2, 0.25) is 0 Å². The molecule has 0 fully saturated rings. The van der Waals surface area contributed by atoms with Crippen LogP contribution in [0.1, 0.15) is 27.0 Å². The molecule has 0 saturated carbocycles. The monoisotopic (exact) mass is 318 g/mol. The topological polar surface area (TPSA) is 61.7 Å². The second kappa shape index (κ2) is 6.54. The molecule has 0 unspecified atom stereocenters. The number of phenolic OH excluding ortho intramolecular Hbond substituents is 1. The van der Waals surface area contributed by atoms with Crippen molar-refractivity contribution in [2.45, 2.75) is 13.8 Å². The van der Waals surface area contributed by atoms with E-state index in [4.69, 9.17) is 0 Å². The van der Waals surface area contributed by atoms with Gasteiger partial charge in [-0.2, -0.15) is 5.10 Å². The highest BCUT2D eigenvalue weighted by atomic mass is 16.3. The van der Waals surface area contributed by atoms with Crippen molar-refractivity contribution >= 4 is 22.9 Å². The van der Waals surface area contributed by atoms with E-state index in [9.17, 15) is 9.90 Å². The van der Waals surface area contributed by atoms with Crippen molar-refractivity contribution in [1.29, 1.82) is 0 Å². The number of amides is 1. The zero-order valence-electron chi connectivity index (χ0n) is 13.6. The maximum atomic E-state index is 12.2. The van der Waals surface area contributed by atoms with Gasteiger partial charge in [-0.3, -0.25) is 4.79 Å². The molecule has 3 aromatic rings. The Morgan fingerprint density at radius 1 is 1.00 bits per heavy atom. The van der Waals surface area contributed by atoms with Crippen LogP contribution in [0.15, 0.2) is 59.7 Å². The molecule has 0 atom stereocenters. The quantitative estimate of drug-likeness (QED) is 0.568. The summed E-state index contributed by atoms with van der Waals surface area (Å²) >= 11 is 0. The van der Waals surface area contributed by atoms with Crippen LogP contribution < -0.4 is 5.43 Å². The van der Waals surface area contributed by atoms with Crippen LogP contribution in [0.5, 0.6) is 5.75 Å². The Hall–Kier alpha value is -3.14. The summed E-state index contributed by atoms with van der Waals surface area (Å²) in [4.78, 5) is 12.2. The number of hydrogen-bond acceptors (Lipinski definition) is 3. The van der Waals surface area contributed by atoms with Crippen LogP contribution in [-0.4, -0.2) is 17.2 Å². The largest absolute Gasteiger partial charge is 0.507 e. The lowest BCUT2D eigenvalue weighted by Gasteiger charge is -2.05. The third-order valence-electron chi connectivity index (χ3n) is 3.90. The molecule has 0 aliphatic heterocycles. The summed E-state index contributed by atoms with van der Waals surface area (Å²) in [5.74, 6) is 0.0246. The van der Waals surface area contributed by atoms with Crippen molar-refractivity contribution in [2.75, 3.05) is 0 Å². The molecule has 0 bridgehead atoms. The van der Waals surface area contributed by atoms with E-state index in [0.29, 0.717) is 5.56 Å². The van der Waals surface area contributed by atoms with E-state index in [1.165, 1.54) is 0 Å². The first-order valence-corrected chi connectivity index (χ1v) is 7.67. The van der Waals surface area contributed by atoms with E-state index in [-0.39, 0.29) is 11.7 Å². The molecular formula is C20H18N2O2. The first-order valence-electron chi connectivity index (χ1n) is 7.67. The van der Waals surface area contributed by atoms with Crippen LogP contribution in [0.4, 0.5) is 0 Å². The Bertz CT molecular complexity index is 922. The van der Waals surface area contributed by atoms with Crippen molar-refractivity contribution in [1.82, 2.24) is 5.43 Å². The normalized spacial score (nSPS) is 11.1. The fourth-order valence-electron chi connectivity index (χ4n) is 2.62. The molecule has 2 N–H and O–H groups in total. The number of nitrogens with one attached hydrogen (secondary N) is 1. The van der Waals surface area contributed by atoms with Crippen LogP contribution in [-0.2, 0) is 0 Å². The van der Waals surface area contributed by atoms with Crippen LogP contribution >= 0.6 is 0 Å². The van der Waals surface area contributed by atoms with E-state index in [1.54, 1.807) is 12.3 Å². The van der Waals surface area contributed by atoms with Gasteiger partial charge < -0.3 is 5.11 Å². The number of carbonyl (C=O) groups excluding carboxylic acids is 1. The molecule has 0 radical (unpaired) electrons. The number of nitrogens with zero attached hydrogens (tertiary/aromatic N) is 1. The first-order chi connectivity index (χ1) is 11.5. The van der Waals surface area contributed by atoms with Gasteiger partial charge in [0, 0.05) is 5.56 Å². The van der Waals surface area contributed by atoms with E-state index in [1.807, 2.05) is 62.4 Å². The lowest BCUT2D eigenvalue weighted by molar-refractivity contribution is 0.0955. The summed E-state index contributed by atoms with van der Waals surface area (Å²) in [5.41, 5.74) is 5.46. The zero-order chi connectivity index (χ0) is 17.1. The number of hydrazone groups is 1. The smallest absolute Gasteiger partial charge is 0.271 e. The second-order valence-corrected chi connectivity index (χ2v) is 5.76. The summed E-state index contributed by atoms with van der Waals surface area (Å²) in [6.45, 7) is 3.65. The Labute approximate surface area is 140 Å². The predicted molar refractivity (Wildman–Crippen MR) is 96.6 cm³/mol. The van der Waals surface area contributed by atoms with Gasteiger partial charge >= 0.3 is 0 Å². The lowest BCUT2D eigenvalue weighted by atomic mass is 10.1. The fourth-order valence-corrected chi connectivity index (χ4v) is 2.62. The molecule has 4 heteroatoms. The van der Waals surface area contributed by atoms with Gasteiger partial charge in [-0.15, -0.1) is 0 Å². The number of carbonyl (C=O) groups is 1. The molecule has 0 heterocycles. The van der Waals surface area contributed by atoms with Crippen molar-refractivity contribution < 1.29 is 9.90 Å². The van der Waals surface area contributed by atoms with Crippen LogP contribution in [0.25, 0.3) is 10.8 Å². The zero-order valence-corrected chi connectivity index (χ0v) is 13.6. The molecule has 0 saturated heterocycles. The molecule has 24 heavy (non-hydrogen) atoms. The Kier molecular flexibility index (Phi) is 4.29. The number of fused-ring (bicyclic) bond motifs is 1. The molecule has 0 spiro atoms. The summed E-state index contributed by atoms with van der Waals surface area (Å²) < 4.78 is 0. The van der Waals surface area contributed by atoms with Crippen LogP contribution in [0.3, 0.4) is 0 Å². The molecule has 4 nitrogen and oxygen atoms in total. The van der Waals surface area contributed by atoms with Gasteiger partial charge in [0.05, 0.1) is 6.21 Å². The molecule has 1 amide bonds.